The summed E-state index contributed by atoms with van der Waals surface area (Å²) in [6, 6.07) is 24.0. The van der Waals surface area contributed by atoms with E-state index >= 15 is 0 Å². The lowest BCUT2D eigenvalue weighted by Gasteiger charge is -2.37. The summed E-state index contributed by atoms with van der Waals surface area (Å²) in [5.41, 5.74) is 3.90. The molecule has 0 spiro atoms. The van der Waals surface area contributed by atoms with E-state index in [-0.39, 0.29) is 17.8 Å². The highest BCUT2D eigenvalue weighted by Gasteiger charge is 2.44. The van der Waals surface area contributed by atoms with Crippen molar-refractivity contribution in [2.75, 3.05) is 54.9 Å². The lowest BCUT2D eigenvalue weighted by molar-refractivity contribution is -0.160. The first kappa shape index (κ1) is 34.2. The van der Waals surface area contributed by atoms with Crippen molar-refractivity contribution in [3.05, 3.63) is 107 Å². The zero-order valence-electron chi connectivity index (χ0n) is 28.4. The van der Waals surface area contributed by atoms with Crippen LogP contribution in [0.1, 0.15) is 31.9 Å². The Morgan fingerprint density at radius 1 is 0.940 bits per heavy atom. The molecule has 0 amide bonds. The Hall–Kier alpha value is -4.30. The number of hydrogen-bond acceptors (Lipinski definition) is 10. The summed E-state index contributed by atoms with van der Waals surface area (Å²) in [5, 5.41) is 13.9. The molecule has 12 nitrogen and oxygen atoms in total. The van der Waals surface area contributed by atoms with Crippen LogP contribution in [-0.4, -0.2) is 80.4 Å². The van der Waals surface area contributed by atoms with Gasteiger partial charge in [0.2, 0.25) is 5.79 Å². The summed E-state index contributed by atoms with van der Waals surface area (Å²) in [7, 11) is 1.91. The van der Waals surface area contributed by atoms with Crippen molar-refractivity contribution in [2.24, 2.45) is 7.05 Å². The molecule has 2 fully saturated rings. The van der Waals surface area contributed by atoms with Crippen LogP contribution >= 0.6 is 23.4 Å². The molecule has 2 aliphatic rings. The average molecular weight is 717 g/mol. The Bertz CT molecular complexity index is 1920. The molecular weight excluding hydrogens is 676 g/mol. The number of aryl methyl sites for hydroxylation is 1. The molecule has 5 aromatic rings. The largest absolute Gasteiger partial charge is 0.491 e. The van der Waals surface area contributed by atoms with Crippen LogP contribution in [0.15, 0.2) is 95.4 Å². The standard InChI is InChI=1S/C36H41ClN8O4S/c1-4-26(2)45-35(46)44(25-39-45)31-11-9-29(10-12-31)42-17-19-43(20-18-42)30-13-15-32(16-14-30)47-21-33-22-48-36(49-33,27-5-7-28(37)8-6-27)23-50-34-40-38-24-41(34)3/h5-16,24-26,33H,4,17-23H2,1-3H3/t26-,33+,36-/m1/s1. The molecule has 4 heterocycles. The summed E-state index contributed by atoms with van der Waals surface area (Å²) in [6.07, 6.45) is 3.88. The first-order chi connectivity index (χ1) is 24.3. The fourth-order valence-corrected chi connectivity index (χ4v) is 7.30. The van der Waals surface area contributed by atoms with Crippen molar-refractivity contribution in [3.63, 3.8) is 0 Å². The number of halogens is 1. The predicted octanol–water partition coefficient (Wildman–Crippen LogP) is 5.55. The second kappa shape index (κ2) is 14.9. The average Bonchev–Trinajstić information content (AvgIpc) is 3.88. The molecule has 3 aromatic carbocycles. The third-order valence-electron chi connectivity index (χ3n) is 9.32. The van der Waals surface area contributed by atoms with Gasteiger partial charge in [0.05, 0.1) is 24.1 Å². The van der Waals surface area contributed by atoms with Crippen molar-refractivity contribution in [1.29, 1.82) is 0 Å². The zero-order chi connectivity index (χ0) is 34.7. The number of ether oxygens (including phenoxy) is 3. The highest BCUT2D eigenvalue weighted by Crippen LogP contribution is 2.39. The van der Waals surface area contributed by atoms with E-state index in [1.807, 2.05) is 67.1 Å². The highest BCUT2D eigenvalue weighted by molar-refractivity contribution is 7.99. The maximum absolute atomic E-state index is 12.8. The number of rotatable bonds is 12. The minimum Gasteiger partial charge on any atom is -0.491 e. The second-order valence-corrected chi connectivity index (χ2v) is 14.0. The van der Waals surface area contributed by atoms with Gasteiger partial charge in [-0.3, -0.25) is 0 Å². The fraction of sp³-hybridized carbons (Fsp3) is 0.389. The summed E-state index contributed by atoms with van der Waals surface area (Å²) in [6.45, 7) is 8.40. The van der Waals surface area contributed by atoms with Crippen LogP contribution in [0.4, 0.5) is 11.4 Å². The van der Waals surface area contributed by atoms with Gasteiger partial charge in [-0.15, -0.1) is 10.2 Å². The monoisotopic (exact) mass is 716 g/mol. The molecule has 0 saturated carbocycles. The van der Waals surface area contributed by atoms with Gasteiger partial charge in [-0.2, -0.15) is 5.10 Å². The smallest absolute Gasteiger partial charge is 0.350 e. The zero-order valence-corrected chi connectivity index (χ0v) is 30.0. The molecule has 7 rings (SSSR count). The molecule has 14 heteroatoms. The van der Waals surface area contributed by atoms with Crippen LogP contribution in [-0.2, 0) is 22.3 Å². The van der Waals surface area contributed by atoms with Gasteiger partial charge in [0.15, 0.2) is 5.16 Å². The van der Waals surface area contributed by atoms with Gasteiger partial charge in [-0.25, -0.2) is 14.0 Å². The lowest BCUT2D eigenvalue weighted by Crippen LogP contribution is -2.46. The van der Waals surface area contributed by atoms with E-state index in [1.54, 1.807) is 21.9 Å². The molecule has 50 heavy (non-hydrogen) atoms. The van der Waals surface area contributed by atoms with E-state index in [2.05, 4.69) is 56.3 Å². The van der Waals surface area contributed by atoms with E-state index in [1.165, 1.54) is 11.8 Å². The SMILES string of the molecule is CC[C@@H](C)n1ncn(-c2ccc(N3CCN(c4ccc(OC[C@H]5CO[C@@](CSc6nncn6C)(c6ccc(Cl)cc6)O5)cc4)CC3)cc2)c1=O. The van der Waals surface area contributed by atoms with Gasteiger partial charge in [-0.1, -0.05) is 42.4 Å². The van der Waals surface area contributed by atoms with Crippen LogP contribution in [0.25, 0.3) is 5.69 Å². The van der Waals surface area contributed by atoms with Crippen LogP contribution in [0, 0.1) is 0 Å². The minimum absolute atomic E-state index is 0.0680. The van der Waals surface area contributed by atoms with Crippen LogP contribution < -0.4 is 20.2 Å². The predicted molar refractivity (Wildman–Crippen MR) is 195 cm³/mol. The molecule has 262 valence electrons. The van der Waals surface area contributed by atoms with Gasteiger partial charge in [0.25, 0.3) is 0 Å². The molecule has 0 aliphatic carbocycles. The maximum atomic E-state index is 12.8. The van der Waals surface area contributed by atoms with Gasteiger partial charge in [-0.05, 0) is 74.0 Å². The Labute approximate surface area is 300 Å². The Balaban J connectivity index is 0.914. The summed E-state index contributed by atoms with van der Waals surface area (Å²) >= 11 is 7.70. The van der Waals surface area contributed by atoms with Gasteiger partial charge in [0, 0.05) is 55.2 Å². The van der Waals surface area contributed by atoms with Crippen molar-refractivity contribution in [3.8, 4) is 11.4 Å². The molecule has 0 radical (unpaired) electrons. The molecular formula is C36H41ClN8O4S. The first-order valence-corrected chi connectivity index (χ1v) is 18.2. The second-order valence-electron chi connectivity index (χ2n) is 12.6. The normalized spacial score (nSPS) is 20.0. The van der Waals surface area contributed by atoms with Crippen molar-refractivity contribution in [1.82, 2.24) is 29.1 Å². The van der Waals surface area contributed by atoms with E-state index in [9.17, 15) is 4.79 Å². The Kier molecular flexibility index (Phi) is 10.2. The van der Waals surface area contributed by atoms with Crippen LogP contribution in [0.2, 0.25) is 5.02 Å². The van der Waals surface area contributed by atoms with E-state index in [4.69, 9.17) is 25.8 Å². The quantitative estimate of drug-likeness (QED) is 0.153. The molecule has 2 saturated heterocycles. The van der Waals surface area contributed by atoms with Crippen molar-refractivity contribution >= 4 is 34.7 Å². The molecule has 0 bridgehead atoms. The van der Waals surface area contributed by atoms with Crippen LogP contribution in [0.3, 0.4) is 0 Å². The van der Waals surface area contributed by atoms with E-state index < -0.39 is 5.79 Å². The third kappa shape index (κ3) is 7.27. The van der Waals surface area contributed by atoms with Gasteiger partial charge < -0.3 is 28.6 Å². The van der Waals surface area contributed by atoms with Gasteiger partial charge >= 0.3 is 5.69 Å². The number of benzene rings is 3. The van der Waals surface area contributed by atoms with Crippen molar-refractivity contribution in [2.45, 2.75) is 43.4 Å². The van der Waals surface area contributed by atoms with Crippen LogP contribution in [0.5, 0.6) is 5.75 Å². The van der Waals surface area contributed by atoms with E-state index in [0.29, 0.717) is 24.0 Å². The Morgan fingerprint density at radius 3 is 2.20 bits per heavy atom. The fourth-order valence-electron chi connectivity index (χ4n) is 6.18. The summed E-state index contributed by atoms with van der Waals surface area (Å²) in [5.74, 6) is 0.319. The molecule has 3 atom stereocenters. The summed E-state index contributed by atoms with van der Waals surface area (Å²) < 4.78 is 24.1. The minimum atomic E-state index is -0.958. The maximum Gasteiger partial charge on any atom is 0.350 e. The lowest BCUT2D eigenvalue weighted by atomic mass is 10.1. The number of piperazine rings is 1. The number of nitrogens with zero attached hydrogens (tertiary/aromatic N) is 8. The first-order valence-electron chi connectivity index (χ1n) is 16.9. The topological polar surface area (TPSA) is 105 Å². The number of aromatic nitrogens is 6. The molecule has 2 aromatic heterocycles. The summed E-state index contributed by atoms with van der Waals surface area (Å²) in [4.78, 5) is 17.6. The van der Waals surface area contributed by atoms with Crippen molar-refractivity contribution < 1.29 is 14.2 Å². The van der Waals surface area contributed by atoms with E-state index in [0.717, 1.165) is 66.1 Å². The third-order valence-corrected chi connectivity index (χ3v) is 10.7. The number of anilines is 2. The number of hydrogen-bond donors (Lipinski definition) is 0. The number of thioether (sulfide) groups is 1. The molecule has 2 aliphatic heterocycles. The molecule has 0 unspecified atom stereocenters. The molecule has 0 N–H and O–H groups in total. The highest BCUT2D eigenvalue weighted by atomic mass is 35.5. The Morgan fingerprint density at radius 2 is 1.58 bits per heavy atom. The van der Waals surface area contributed by atoms with Gasteiger partial charge in [0.1, 0.15) is 31.1 Å².